The van der Waals surface area contributed by atoms with Crippen molar-refractivity contribution >= 4 is 110 Å². The molecule has 2 nitrogen and oxygen atoms in total. The quantitative estimate of drug-likeness (QED) is 0.121. The second-order valence-corrected chi connectivity index (χ2v) is 26.9. The van der Waals surface area contributed by atoms with E-state index < -0.39 is 0 Å². The summed E-state index contributed by atoms with van der Waals surface area (Å²) in [5.41, 5.74) is 20.2. The number of rotatable bonds is 6. The van der Waals surface area contributed by atoms with Gasteiger partial charge in [-0.1, -0.05) is 217 Å². The van der Waals surface area contributed by atoms with Crippen LogP contribution in [-0.2, 0) is 21.7 Å². The van der Waals surface area contributed by atoms with E-state index in [0.29, 0.717) is 0 Å². The zero-order valence-electron chi connectivity index (χ0n) is 47.0. The van der Waals surface area contributed by atoms with Gasteiger partial charge < -0.3 is 9.80 Å². The Bertz CT molecular complexity index is 4170. The van der Waals surface area contributed by atoms with Crippen LogP contribution in [0, 0.1) is 0 Å². The van der Waals surface area contributed by atoms with E-state index in [1.165, 1.54) is 137 Å². The van der Waals surface area contributed by atoms with E-state index in [1.807, 2.05) is 11.3 Å². The number of nitrogens with zero attached hydrogens (tertiary/aromatic N) is 2. The van der Waals surface area contributed by atoms with E-state index in [1.54, 1.807) is 0 Å². The normalized spacial score (nSPS) is 13.7. The Balaban J connectivity index is 1.12. The van der Waals surface area contributed by atoms with Crippen LogP contribution in [0.5, 0.6) is 0 Å². The Labute approximate surface area is 461 Å². The Kier molecular flexibility index (Phi) is 11.2. The SMILES string of the molecule is CCC(C)(C)c1ccc2c(c1)B1c3sc4ccc(C(C)(C)C)cc4c3N(c3ccccc3-c3cccc(C(C)(C)C)c3)c3cccc(c31)N2c1ccc(C(C)(C)C)cc1-c1ccc2c3ccccc3c3ccccc3c2c1. The maximum absolute atomic E-state index is 2.67. The van der Waals surface area contributed by atoms with Crippen molar-refractivity contribution in [3.05, 3.63) is 210 Å². The lowest BCUT2D eigenvalue weighted by atomic mass is 9.36. The van der Waals surface area contributed by atoms with Crippen molar-refractivity contribution < 1.29 is 0 Å². The van der Waals surface area contributed by atoms with Crippen LogP contribution in [0.3, 0.4) is 0 Å². The summed E-state index contributed by atoms with van der Waals surface area (Å²) < 4.78 is 2.72. The molecule has 0 N–H and O–H groups in total. The summed E-state index contributed by atoms with van der Waals surface area (Å²) in [6.07, 6.45) is 1.04. The van der Waals surface area contributed by atoms with Gasteiger partial charge in [-0.2, -0.15) is 0 Å². The molecule has 0 saturated heterocycles. The molecule has 0 aliphatic carbocycles. The lowest BCUT2D eigenvalue weighted by Gasteiger charge is -2.44. The number of benzene rings is 10. The molecule has 0 unspecified atom stereocenters. The van der Waals surface area contributed by atoms with Crippen LogP contribution in [-0.4, -0.2) is 6.71 Å². The number of para-hydroxylation sites is 1. The zero-order chi connectivity index (χ0) is 53.5. The summed E-state index contributed by atoms with van der Waals surface area (Å²) in [6, 6.07) is 72.8. The highest BCUT2D eigenvalue weighted by molar-refractivity contribution is 7.33. The van der Waals surface area contributed by atoms with Gasteiger partial charge in [0.2, 0.25) is 0 Å². The van der Waals surface area contributed by atoms with Gasteiger partial charge in [0.05, 0.1) is 17.1 Å². The Morgan fingerprint density at radius 2 is 0.896 bits per heavy atom. The van der Waals surface area contributed by atoms with E-state index in [-0.39, 0.29) is 28.4 Å². The van der Waals surface area contributed by atoms with E-state index >= 15 is 0 Å². The highest BCUT2D eigenvalue weighted by Gasteiger charge is 2.46. The topological polar surface area (TPSA) is 6.48 Å². The third-order valence-corrected chi connectivity index (χ3v) is 18.7. The second-order valence-electron chi connectivity index (χ2n) is 25.8. The standard InChI is InChI=1S/C73H69BN2S/c1-13-73(11,12)50-34-38-63-60(44-50)74-67-64(75(63)62-37-33-48(71(5,6)7)42-57(62)46-32-36-56-54-27-15-14-25-52(54)53-26-16-17-28-55(53)58(56)41-46)30-21-31-65(67)76(68-59-43-49(72(8,9)10)35-39-66(59)77-69(68)74)61-29-19-18-24-51(61)45-22-20-23-47(40-45)70(2,3)4/h14-44H,13H2,1-12H3. The minimum atomic E-state index is -0.0742. The first-order valence-corrected chi connectivity index (χ1v) is 28.7. The van der Waals surface area contributed by atoms with Gasteiger partial charge in [0.25, 0.3) is 6.71 Å². The molecular formula is C73H69BN2S. The van der Waals surface area contributed by atoms with E-state index in [9.17, 15) is 0 Å². The molecule has 2 aliphatic rings. The fraction of sp³-hybridized carbons (Fsp3) is 0.233. The molecule has 0 bridgehead atoms. The van der Waals surface area contributed by atoms with Crippen molar-refractivity contribution in [2.24, 2.45) is 0 Å². The molecule has 0 amide bonds. The molecular weight excluding hydrogens is 948 g/mol. The highest BCUT2D eigenvalue weighted by Crippen LogP contribution is 2.52. The predicted octanol–water partition coefficient (Wildman–Crippen LogP) is 19.4. The fourth-order valence-corrected chi connectivity index (χ4v) is 13.9. The van der Waals surface area contributed by atoms with Crippen LogP contribution < -0.4 is 25.5 Å². The van der Waals surface area contributed by atoms with Gasteiger partial charge in [0.1, 0.15) is 0 Å². The van der Waals surface area contributed by atoms with Crippen molar-refractivity contribution in [1.29, 1.82) is 0 Å². The monoisotopic (exact) mass is 1020 g/mol. The van der Waals surface area contributed by atoms with E-state index in [4.69, 9.17) is 0 Å². The van der Waals surface area contributed by atoms with Gasteiger partial charge in [0.15, 0.2) is 0 Å². The summed E-state index contributed by atoms with van der Waals surface area (Å²) in [5.74, 6) is 0. The summed E-state index contributed by atoms with van der Waals surface area (Å²) >= 11 is 1.99. The molecule has 2 aliphatic heterocycles. The maximum Gasteiger partial charge on any atom is 0.264 e. The van der Waals surface area contributed by atoms with E-state index in [2.05, 4.69) is 281 Å². The molecule has 0 saturated carbocycles. The van der Waals surface area contributed by atoms with Gasteiger partial charge >= 0.3 is 0 Å². The molecule has 0 spiro atoms. The van der Waals surface area contributed by atoms with Crippen LogP contribution >= 0.6 is 11.3 Å². The summed E-state index contributed by atoms with van der Waals surface area (Å²) in [7, 11) is 0. The molecule has 0 atom stereocenters. The first-order chi connectivity index (χ1) is 36.8. The van der Waals surface area contributed by atoms with Crippen LogP contribution in [0.25, 0.3) is 64.7 Å². The first-order valence-electron chi connectivity index (χ1n) is 27.9. The molecule has 0 fully saturated rings. The number of fused-ring (bicyclic) bond motifs is 12. The number of thiophene rings is 1. The molecule has 0 radical (unpaired) electrons. The van der Waals surface area contributed by atoms with Gasteiger partial charge in [-0.15, -0.1) is 11.3 Å². The third kappa shape index (κ3) is 7.87. The first kappa shape index (κ1) is 49.2. The predicted molar refractivity (Wildman–Crippen MR) is 339 cm³/mol. The molecule has 77 heavy (non-hydrogen) atoms. The molecule has 11 aromatic rings. The highest BCUT2D eigenvalue weighted by atomic mass is 32.1. The van der Waals surface area contributed by atoms with Crippen molar-refractivity contribution in [3.63, 3.8) is 0 Å². The Morgan fingerprint density at radius 3 is 1.57 bits per heavy atom. The second kappa shape index (κ2) is 17.6. The minimum absolute atomic E-state index is 0.00286. The number of anilines is 6. The minimum Gasteiger partial charge on any atom is -0.311 e. The average molecular weight is 1020 g/mol. The molecule has 3 heterocycles. The summed E-state index contributed by atoms with van der Waals surface area (Å²) in [5, 5.41) is 9.03. The van der Waals surface area contributed by atoms with Gasteiger partial charge in [-0.05, 0) is 159 Å². The fourth-order valence-electron chi connectivity index (χ4n) is 12.6. The largest absolute Gasteiger partial charge is 0.311 e. The molecule has 380 valence electrons. The van der Waals surface area contributed by atoms with Gasteiger partial charge in [-0.3, -0.25) is 0 Å². The molecule has 13 rings (SSSR count). The summed E-state index contributed by atoms with van der Waals surface area (Å²) in [6.45, 7) is 28.2. The van der Waals surface area contributed by atoms with Gasteiger partial charge in [-0.25, -0.2) is 0 Å². The van der Waals surface area contributed by atoms with E-state index in [0.717, 1.165) is 6.42 Å². The van der Waals surface area contributed by atoms with Crippen LogP contribution in [0.2, 0.25) is 0 Å². The molecule has 4 heteroatoms. The Hall–Kier alpha value is -7.40. The van der Waals surface area contributed by atoms with Crippen LogP contribution in [0.4, 0.5) is 34.1 Å². The Morgan fingerprint density at radius 1 is 0.377 bits per heavy atom. The van der Waals surface area contributed by atoms with Crippen molar-refractivity contribution in [3.8, 4) is 22.3 Å². The van der Waals surface area contributed by atoms with Crippen LogP contribution in [0.1, 0.15) is 112 Å². The van der Waals surface area contributed by atoms with Gasteiger partial charge in [0, 0.05) is 43.1 Å². The molecule has 10 aromatic carbocycles. The zero-order valence-corrected chi connectivity index (χ0v) is 47.8. The average Bonchev–Trinajstić information content (AvgIpc) is 4.10. The van der Waals surface area contributed by atoms with Crippen molar-refractivity contribution in [1.82, 2.24) is 0 Å². The lowest BCUT2D eigenvalue weighted by Crippen LogP contribution is -2.60. The smallest absolute Gasteiger partial charge is 0.264 e. The number of hydrogen-bond donors (Lipinski definition) is 0. The van der Waals surface area contributed by atoms with Crippen molar-refractivity contribution in [2.75, 3.05) is 9.80 Å². The third-order valence-electron chi connectivity index (χ3n) is 17.5. The van der Waals surface area contributed by atoms with Crippen LogP contribution in [0.15, 0.2) is 188 Å². The number of hydrogen-bond acceptors (Lipinski definition) is 3. The molecule has 1 aromatic heterocycles. The summed E-state index contributed by atoms with van der Waals surface area (Å²) in [4.78, 5) is 5.31. The maximum atomic E-state index is 2.67. The van der Waals surface area contributed by atoms with Crippen molar-refractivity contribution in [2.45, 2.75) is 111 Å². The lowest BCUT2D eigenvalue weighted by molar-refractivity contribution is 0.506.